The van der Waals surface area contributed by atoms with Gasteiger partial charge in [0.2, 0.25) is 0 Å². The molecule has 0 N–H and O–H groups in total. The van der Waals surface area contributed by atoms with Crippen molar-refractivity contribution in [3.63, 3.8) is 0 Å². The highest BCUT2D eigenvalue weighted by molar-refractivity contribution is 8.02. The van der Waals surface area contributed by atoms with E-state index in [1.807, 2.05) is 109 Å². The lowest BCUT2D eigenvalue weighted by Gasteiger charge is -2.30. The van der Waals surface area contributed by atoms with Gasteiger partial charge in [-0.15, -0.1) is 0 Å². The quantitative estimate of drug-likeness (QED) is 0.141. The van der Waals surface area contributed by atoms with Crippen LogP contribution in [0.5, 0.6) is 0 Å². The number of rotatable bonds is 4. The van der Waals surface area contributed by atoms with Crippen molar-refractivity contribution >= 4 is 53.3 Å². The van der Waals surface area contributed by atoms with Crippen molar-refractivity contribution in [3.8, 4) is 45.3 Å². The Hall–Kier alpha value is -4.87. The highest BCUT2D eigenvalue weighted by Gasteiger charge is 2.43. The van der Waals surface area contributed by atoms with Crippen molar-refractivity contribution in [2.45, 2.75) is 22.9 Å². The minimum atomic E-state index is -3.12. The monoisotopic (exact) mass is 671 g/mol. The highest BCUT2D eigenvalue weighted by atomic mass is 32.2. The first-order valence-corrected chi connectivity index (χ1v) is 21.6. The molecule has 9 rings (SSSR count). The minimum Gasteiger partial charge on any atom is -0.309 e. The van der Waals surface area contributed by atoms with Crippen molar-refractivity contribution in [1.29, 1.82) is 0 Å². The number of hydrogen-bond donors (Lipinski definition) is 0. The Morgan fingerprint density at radius 2 is 1.04 bits per heavy atom. The van der Waals surface area contributed by atoms with Crippen LogP contribution in [0.2, 0.25) is 13.1 Å². The van der Waals surface area contributed by atoms with Crippen LogP contribution in [-0.2, 0) is 4.57 Å². The molecular formula is C41H30N3OPSSi. The number of benzene rings is 6. The van der Waals surface area contributed by atoms with Crippen molar-refractivity contribution in [2.75, 3.05) is 0 Å². The third-order valence-corrected chi connectivity index (χ3v) is 17.7. The Kier molecular flexibility index (Phi) is 6.77. The molecule has 0 saturated heterocycles. The summed E-state index contributed by atoms with van der Waals surface area (Å²) in [5, 5.41) is 5.47. The van der Waals surface area contributed by atoms with Gasteiger partial charge in [0.15, 0.2) is 24.6 Å². The average Bonchev–Trinajstić information content (AvgIpc) is 3.36. The van der Waals surface area contributed by atoms with Gasteiger partial charge in [0.05, 0.1) is 0 Å². The predicted octanol–water partition coefficient (Wildman–Crippen LogP) is 7.78. The largest absolute Gasteiger partial charge is 0.309 e. The molecular weight excluding hydrogens is 642 g/mol. The zero-order chi connectivity index (χ0) is 32.5. The molecule has 1 unspecified atom stereocenters. The molecule has 48 heavy (non-hydrogen) atoms. The fourth-order valence-corrected chi connectivity index (χ4v) is 15.0. The van der Waals surface area contributed by atoms with Crippen molar-refractivity contribution in [1.82, 2.24) is 15.0 Å². The first-order valence-electron chi connectivity index (χ1n) is 16.1. The normalized spacial score (nSPS) is 16.8. The molecule has 2 aliphatic rings. The van der Waals surface area contributed by atoms with Crippen molar-refractivity contribution < 1.29 is 4.57 Å². The van der Waals surface area contributed by atoms with Gasteiger partial charge in [-0.25, -0.2) is 15.0 Å². The van der Waals surface area contributed by atoms with Crippen LogP contribution in [0.15, 0.2) is 155 Å². The third kappa shape index (κ3) is 4.51. The molecule has 0 amide bonds. The van der Waals surface area contributed by atoms with E-state index in [1.54, 1.807) is 11.8 Å². The highest BCUT2D eigenvalue weighted by Crippen LogP contribution is 2.53. The van der Waals surface area contributed by atoms with Crippen molar-refractivity contribution in [2.24, 2.45) is 0 Å². The Morgan fingerprint density at radius 1 is 0.500 bits per heavy atom. The van der Waals surface area contributed by atoms with E-state index in [1.165, 1.54) is 21.5 Å². The fraction of sp³-hybridized carbons (Fsp3) is 0.0488. The molecule has 7 heteroatoms. The van der Waals surface area contributed by atoms with Crippen LogP contribution < -0.4 is 26.3 Å². The van der Waals surface area contributed by atoms with Crippen LogP contribution in [0.4, 0.5) is 0 Å². The van der Waals surface area contributed by atoms with Gasteiger partial charge in [0.25, 0.3) is 0 Å². The second kappa shape index (κ2) is 11.1. The van der Waals surface area contributed by atoms with Crippen LogP contribution in [-0.4, -0.2) is 23.0 Å². The summed E-state index contributed by atoms with van der Waals surface area (Å²) in [4.78, 5) is 17.1. The van der Waals surface area contributed by atoms with E-state index >= 15 is 4.57 Å². The molecule has 0 spiro atoms. The van der Waals surface area contributed by atoms with Gasteiger partial charge in [-0.05, 0) is 51.8 Å². The van der Waals surface area contributed by atoms with Crippen molar-refractivity contribution in [3.05, 3.63) is 146 Å². The molecule has 6 aromatic carbocycles. The fourth-order valence-electron chi connectivity index (χ4n) is 7.14. The molecule has 0 bridgehead atoms. The topological polar surface area (TPSA) is 55.7 Å². The van der Waals surface area contributed by atoms with Gasteiger partial charge in [-0.3, -0.25) is 0 Å². The van der Waals surface area contributed by atoms with E-state index < -0.39 is 15.2 Å². The number of aromatic nitrogens is 3. The lowest BCUT2D eigenvalue weighted by molar-refractivity contribution is 0.591. The molecule has 0 saturated carbocycles. The molecule has 3 heterocycles. The summed E-state index contributed by atoms with van der Waals surface area (Å²) in [5.41, 5.74) is 5.19. The van der Waals surface area contributed by atoms with E-state index in [-0.39, 0.29) is 0 Å². The number of fused-ring (bicyclic) bond motifs is 5. The summed E-state index contributed by atoms with van der Waals surface area (Å²) in [6.45, 7) is 4.85. The maximum atomic E-state index is 15.6. The summed E-state index contributed by atoms with van der Waals surface area (Å²) in [6, 6.07) is 49.7. The van der Waals surface area contributed by atoms with Gasteiger partial charge in [-0.1, -0.05) is 140 Å². The summed E-state index contributed by atoms with van der Waals surface area (Å²) in [7, 11) is -5.19. The van der Waals surface area contributed by atoms with E-state index in [2.05, 4.69) is 49.5 Å². The Balaban J connectivity index is 1.25. The van der Waals surface area contributed by atoms with Gasteiger partial charge in [0.1, 0.15) is 8.07 Å². The number of hydrogen-bond acceptors (Lipinski definition) is 5. The lowest BCUT2D eigenvalue weighted by atomic mass is 10.0. The van der Waals surface area contributed by atoms with Crippen LogP contribution >= 0.6 is 18.9 Å². The van der Waals surface area contributed by atoms with Gasteiger partial charge in [0, 0.05) is 42.4 Å². The maximum Gasteiger partial charge on any atom is 0.173 e. The zero-order valence-electron chi connectivity index (χ0n) is 26.5. The molecule has 2 aliphatic heterocycles. The molecule has 4 nitrogen and oxygen atoms in total. The second-order valence-corrected chi connectivity index (χ2v) is 20.9. The van der Waals surface area contributed by atoms with E-state index in [4.69, 9.17) is 15.0 Å². The van der Waals surface area contributed by atoms with E-state index in [9.17, 15) is 0 Å². The van der Waals surface area contributed by atoms with E-state index in [0.717, 1.165) is 42.4 Å². The van der Waals surface area contributed by atoms with Crippen LogP contribution in [0.3, 0.4) is 0 Å². The molecule has 7 aromatic rings. The molecule has 1 aromatic heterocycles. The predicted molar refractivity (Wildman–Crippen MR) is 202 cm³/mol. The van der Waals surface area contributed by atoms with Gasteiger partial charge in [-0.2, -0.15) is 0 Å². The van der Waals surface area contributed by atoms with Gasteiger partial charge >= 0.3 is 0 Å². The second-order valence-electron chi connectivity index (χ2n) is 12.8. The molecule has 0 aliphatic carbocycles. The smallest absolute Gasteiger partial charge is 0.173 e. The maximum absolute atomic E-state index is 15.6. The van der Waals surface area contributed by atoms with Crippen LogP contribution in [0.1, 0.15) is 0 Å². The first kappa shape index (κ1) is 29.3. The summed E-state index contributed by atoms with van der Waals surface area (Å²) < 4.78 is 15.6. The van der Waals surface area contributed by atoms with Crippen LogP contribution in [0.25, 0.3) is 45.3 Å². The average molecular weight is 672 g/mol. The Bertz CT molecular complexity index is 2380. The van der Waals surface area contributed by atoms with E-state index in [0.29, 0.717) is 17.5 Å². The first-order chi connectivity index (χ1) is 23.4. The molecule has 0 radical (unpaired) electrons. The zero-order valence-corrected chi connectivity index (χ0v) is 29.2. The molecule has 1 atom stereocenters. The third-order valence-electron chi connectivity index (χ3n) is 9.60. The summed E-state index contributed by atoms with van der Waals surface area (Å²) >= 11 is 1.75. The molecule has 230 valence electrons. The Labute approximate surface area is 285 Å². The molecule has 0 fully saturated rings. The van der Waals surface area contributed by atoms with Gasteiger partial charge < -0.3 is 4.57 Å². The summed E-state index contributed by atoms with van der Waals surface area (Å²) in [6.07, 6.45) is 0. The standard InChI is InChI=1S/C41H30N3OPSSi/c1-48(2)37-23-22-29(41-43-39(27-14-6-3-7-15-27)42-40(44-41)28-16-8-4-9-17-28)24-31(37)32-25-34-36(26-38(32)48)47-35-21-13-12-20-33(35)46(34,45)30-18-10-5-11-19-30/h3-26H,1-2H3. The minimum absolute atomic E-state index is 0.635. The Morgan fingerprint density at radius 3 is 1.69 bits per heavy atom. The SMILES string of the molecule is C[Si]1(C)c2ccc(-c3nc(-c4ccccc4)nc(-c4ccccc4)n3)cc2-c2cc3c(cc21)Sc1ccccc1P3(=O)c1ccccc1. The number of nitrogens with zero attached hydrogens (tertiary/aromatic N) is 3. The van der Waals surface area contributed by atoms with Crippen LogP contribution in [0, 0.1) is 0 Å². The summed E-state index contributed by atoms with van der Waals surface area (Å²) in [5.74, 6) is 1.92. The lowest BCUT2D eigenvalue weighted by Crippen LogP contribution is -2.49.